The molecule has 1 aliphatic heterocycles. The number of ether oxygens (including phenoxy) is 1. The molecule has 0 radical (unpaired) electrons. The SMILES string of the molecule is CCN(CC)CCCOc1cnc2[nH]cc(CC3=CN(C)C(NCc4ccc(C(F)(F)F)cc4)C=C3)c2c1. The maximum absolute atomic E-state index is 12.8. The van der Waals surface area contributed by atoms with Gasteiger partial charge in [-0.1, -0.05) is 32.1 Å². The van der Waals surface area contributed by atoms with Crippen LogP contribution in [-0.2, 0) is 19.1 Å². The zero-order valence-corrected chi connectivity index (χ0v) is 22.2. The number of benzene rings is 1. The van der Waals surface area contributed by atoms with Crippen molar-refractivity contribution in [2.45, 2.75) is 45.6 Å². The third-order valence-corrected chi connectivity index (χ3v) is 6.87. The highest BCUT2D eigenvalue weighted by molar-refractivity contribution is 5.81. The van der Waals surface area contributed by atoms with Crippen LogP contribution in [0.3, 0.4) is 0 Å². The van der Waals surface area contributed by atoms with E-state index in [4.69, 9.17) is 4.74 Å². The predicted molar refractivity (Wildman–Crippen MR) is 145 cm³/mol. The van der Waals surface area contributed by atoms with E-state index >= 15 is 0 Å². The number of rotatable bonds is 12. The Labute approximate surface area is 222 Å². The first kappa shape index (κ1) is 27.7. The highest BCUT2D eigenvalue weighted by Gasteiger charge is 2.29. The van der Waals surface area contributed by atoms with Gasteiger partial charge >= 0.3 is 6.18 Å². The molecule has 38 heavy (non-hydrogen) atoms. The van der Waals surface area contributed by atoms with Gasteiger partial charge in [-0.3, -0.25) is 5.32 Å². The molecule has 0 saturated heterocycles. The van der Waals surface area contributed by atoms with Crippen LogP contribution in [0.15, 0.2) is 66.7 Å². The third kappa shape index (κ3) is 7.17. The summed E-state index contributed by atoms with van der Waals surface area (Å²) in [5, 5.41) is 4.43. The maximum Gasteiger partial charge on any atom is 0.416 e. The molecule has 0 fully saturated rings. The van der Waals surface area contributed by atoms with E-state index in [0.29, 0.717) is 13.2 Å². The number of pyridine rings is 1. The number of nitrogens with zero attached hydrogens (tertiary/aromatic N) is 3. The lowest BCUT2D eigenvalue weighted by Crippen LogP contribution is -2.40. The van der Waals surface area contributed by atoms with Crippen LogP contribution in [0.1, 0.15) is 37.0 Å². The first-order chi connectivity index (χ1) is 18.3. The minimum atomic E-state index is -4.32. The summed E-state index contributed by atoms with van der Waals surface area (Å²) in [6.45, 7) is 8.58. The third-order valence-electron chi connectivity index (χ3n) is 6.87. The molecule has 1 aromatic carbocycles. The number of alkyl halides is 3. The van der Waals surface area contributed by atoms with Crippen LogP contribution in [0.25, 0.3) is 11.0 Å². The molecule has 0 aliphatic carbocycles. The average Bonchev–Trinajstić information content (AvgIpc) is 3.30. The van der Waals surface area contributed by atoms with Crippen LogP contribution in [0.5, 0.6) is 5.75 Å². The Hall–Kier alpha value is -3.30. The fourth-order valence-corrected chi connectivity index (χ4v) is 4.59. The van der Waals surface area contributed by atoms with Crippen molar-refractivity contribution in [3.63, 3.8) is 0 Å². The molecular formula is C29H36F3N5O. The Morgan fingerprint density at radius 1 is 1.16 bits per heavy atom. The number of aromatic nitrogens is 2. The summed E-state index contributed by atoms with van der Waals surface area (Å²) in [5.41, 5.74) is 3.28. The van der Waals surface area contributed by atoms with Crippen molar-refractivity contribution >= 4 is 11.0 Å². The Morgan fingerprint density at radius 3 is 2.61 bits per heavy atom. The number of likely N-dealkylation sites (N-methyl/N-ethyl adjacent to an activating group) is 1. The molecular weight excluding hydrogens is 491 g/mol. The molecule has 2 N–H and O–H groups in total. The van der Waals surface area contributed by atoms with Crippen LogP contribution in [-0.4, -0.2) is 59.2 Å². The smallest absolute Gasteiger partial charge is 0.416 e. The van der Waals surface area contributed by atoms with E-state index in [-0.39, 0.29) is 6.17 Å². The first-order valence-electron chi connectivity index (χ1n) is 13.1. The monoisotopic (exact) mass is 527 g/mol. The quantitative estimate of drug-likeness (QED) is 0.295. The molecule has 2 aromatic heterocycles. The molecule has 9 heteroatoms. The maximum atomic E-state index is 12.8. The minimum Gasteiger partial charge on any atom is -0.492 e. The van der Waals surface area contributed by atoms with Gasteiger partial charge < -0.3 is 19.5 Å². The molecule has 6 nitrogen and oxygen atoms in total. The van der Waals surface area contributed by atoms with Crippen molar-refractivity contribution in [3.05, 3.63) is 83.3 Å². The molecule has 204 valence electrons. The van der Waals surface area contributed by atoms with Gasteiger partial charge in [-0.05, 0) is 60.5 Å². The predicted octanol–water partition coefficient (Wildman–Crippen LogP) is 5.74. The van der Waals surface area contributed by atoms with E-state index in [9.17, 15) is 13.2 Å². The highest BCUT2D eigenvalue weighted by Crippen LogP contribution is 2.29. The number of H-pyrrole nitrogens is 1. The van der Waals surface area contributed by atoms with Gasteiger partial charge in [0.15, 0.2) is 0 Å². The summed E-state index contributed by atoms with van der Waals surface area (Å²) in [7, 11) is 1.98. The summed E-state index contributed by atoms with van der Waals surface area (Å²) in [5.74, 6) is 0.774. The van der Waals surface area contributed by atoms with Crippen molar-refractivity contribution in [1.82, 2.24) is 25.1 Å². The van der Waals surface area contributed by atoms with E-state index in [0.717, 1.165) is 78.1 Å². The van der Waals surface area contributed by atoms with E-state index < -0.39 is 11.7 Å². The number of halogens is 3. The summed E-state index contributed by atoms with van der Waals surface area (Å²) in [6.07, 6.45) is 7.33. The molecule has 3 aromatic rings. The van der Waals surface area contributed by atoms with E-state index in [1.807, 2.05) is 13.2 Å². The lowest BCUT2D eigenvalue weighted by molar-refractivity contribution is -0.137. The van der Waals surface area contributed by atoms with Crippen LogP contribution in [0.2, 0.25) is 0 Å². The number of hydrogen-bond donors (Lipinski definition) is 2. The van der Waals surface area contributed by atoms with Crippen LogP contribution in [0, 0.1) is 0 Å². The summed E-state index contributed by atoms with van der Waals surface area (Å²) in [4.78, 5) is 12.2. The van der Waals surface area contributed by atoms with Gasteiger partial charge in [0.25, 0.3) is 0 Å². The van der Waals surface area contributed by atoms with Crippen molar-refractivity contribution < 1.29 is 17.9 Å². The summed E-state index contributed by atoms with van der Waals surface area (Å²) >= 11 is 0. The number of nitrogens with one attached hydrogen (secondary N) is 2. The second-order valence-corrected chi connectivity index (χ2v) is 9.54. The topological polar surface area (TPSA) is 56.4 Å². The number of allylic oxidation sites excluding steroid dienone is 2. The number of fused-ring (bicyclic) bond motifs is 1. The molecule has 3 heterocycles. The largest absolute Gasteiger partial charge is 0.492 e. The Bertz CT molecular complexity index is 1250. The zero-order chi connectivity index (χ0) is 27.1. The van der Waals surface area contributed by atoms with Gasteiger partial charge in [-0.15, -0.1) is 0 Å². The molecule has 0 amide bonds. The Kier molecular flexibility index (Phi) is 9.12. The molecule has 1 unspecified atom stereocenters. The molecule has 0 saturated carbocycles. The van der Waals surface area contributed by atoms with Gasteiger partial charge in [-0.25, -0.2) is 4.98 Å². The fraction of sp³-hybridized carbons (Fsp3) is 0.414. The van der Waals surface area contributed by atoms with Crippen LogP contribution in [0.4, 0.5) is 13.2 Å². The Balaban J connectivity index is 1.32. The molecule has 4 rings (SSSR count). The van der Waals surface area contributed by atoms with Crippen molar-refractivity contribution in [2.75, 3.05) is 33.3 Å². The van der Waals surface area contributed by atoms with E-state index in [2.05, 4.69) is 63.4 Å². The van der Waals surface area contributed by atoms with Crippen LogP contribution < -0.4 is 10.1 Å². The average molecular weight is 528 g/mol. The van der Waals surface area contributed by atoms with Gasteiger partial charge in [0, 0.05) is 44.3 Å². The standard InChI is InChI=1S/C29H36F3N5O/c1-4-37(5-2)13-6-14-38-25-16-26-23(18-34-28(26)35-19-25)15-22-9-12-27(36(3)20-22)33-17-21-7-10-24(11-8-21)29(30,31)32/h7-12,16,18-20,27,33H,4-6,13-15,17H2,1-3H3,(H,34,35). The lowest BCUT2D eigenvalue weighted by Gasteiger charge is -2.29. The highest BCUT2D eigenvalue weighted by atomic mass is 19.4. The van der Waals surface area contributed by atoms with Crippen molar-refractivity contribution in [2.24, 2.45) is 0 Å². The first-order valence-corrected chi connectivity index (χ1v) is 13.1. The lowest BCUT2D eigenvalue weighted by atomic mass is 10.0. The van der Waals surface area contributed by atoms with Gasteiger partial charge in [0.05, 0.1) is 24.5 Å². The molecule has 0 spiro atoms. The van der Waals surface area contributed by atoms with Crippen molar-refractivity contribution in [1.29, 1.82) is 0 Å². The second kappa shape index (κ2) is 12.5. The normalized spacial score (nSPS) is 15.9. The van der Waals surface area contributed by atoms with Crippen molar-refractivity contribution in [3.8, 4) is 5.75 Å². The number of aromatic amines is 1. The van der Waals surface area contributed by atoms with Gasteiger partial charge in [0.1, 0.15) is 11.4 Å². The minimum absolute atomic E-state index is 0.0537. The molecule has 0 bridgehead atoms. The van der Waals surface area contributed by atoms with Gasteiger partial charge in [0.2, 0.25) is 0 Å². The second-order valence-electron chi connectivity index (χ2n) is 9.54. The molecule has 1 atom stereocenters. The summed E-state index contributed by atoms with van der Waals surface area (Å²) < 4.78 is 44.3. The molecule has 1 aliphatic rings. The number of hydrogen-bond acceptors (Lipinski definition) is 5. The van der Waals surface area contributed by atoms with Crippen LogP contribution >= 0.6 is 0 Å². The van der Waals surface area contributed by atoms with E-state index in [1.165, 1.54) is 12.1 Å². The zero-order valence-electron chi connectivity index (χ0n) is 22.2. The summed E-state index contributed by atoms with van der Waals surface area (Å²) in [6, 6.07) is 7.31. The van der Waals surface area contributed by atoms with Gasteiger partial charge in [-0.2, -0.15) is 13.2 Å². The van der Waals surface area contributed by atoms with E-state index in [1.54, 1.807) is 6.20 Å². The fourth-order valence-electron chi connectivity index (χ4n) is 4.59. The Morgan fingerprint density at radius 2 is 1.92 bits per heavy atom.